The molecule has 43 heavy (non-hydrogen) atoms. The molecule has 234 valence electrons. The van der Waals surface area contributed by atoms with Gasteiger partial charge in [-0.15, -0.1) is 0 Å². The van der Waals surface area contributed by atoms with Crippen molar-refractivity contribution in [2.75, 3.05) is 6.61 Å². The monoisotopic (exact) mass is 610 g/mol. The first-order valence-electron chi connectivity index (χ1n) is 13.0. The van der Waals surface area contributed by atoms with Gasteiger partial charge in [-0.2, -0.15) is 0 Å². The molecule has 0 radical (unpaired) electrons. The minimum absolute atomic E-state index is 0.113. The third-order valence-electron chi connectivity index (χ3n) is 7.31. The Hall–Kier alpha value is -3.71. The molecular formula is C27H30O16. The highest BCUT2D eigenvalue weighted by atomic mass is 16.7. The van der Waals surface area contributed by atoms with Crippen molar-refractivity contribution in [3.05, 3.63) is 40.6 Å². The average molecular weight is 611 g/mol. The van der Waals surface area contributed by atoms with Gasteiger partial charge >= 0.3 is 0 Å². The van der Waals surface area contributed by atoms with Crippen molar-refractivity contribution in [3.63, 3.8) is 0 Å². The molecule has 2 aliphatic heterocycles. The standard InChI is InChI=1S/C27H30O16/c1-8-18(32)21(35)23(37)26(39-8)41-14-4-9(2-3-10(14)29)13-5-11(30)17-15(40-13)6-12(31)25(20(17)34)43-27-24(38)22(36)19(33)16(7-28)42-27/h2-6,8,16,18-19,21-24,26-29,31-38H,7H2,1H3. The smallest absolute Gasteiger partial charge is 0.229 e. The third-order valence-corrected chi connectivity index (χ3v) is 7.31. The van der Waals surface area contributed by atoms with Gasteiger partial charge in [0.25, 0.3) is 0 Å². The van der Waals surface area contributed by atoms with E-state index in [9.17, 15) is 55.9 Å². The van der Waals surface area contributed by atoms with Gasteiger partial charge in [0, 0.05) is 17.7 Å². The predicted molar refractivity (Wildman–Crippen MR) is 140 cm³/mol. The van der Waals surface area contributed by atoms with Gasteiger partial charge in [0.05, 0.1) is 12.7 Å². The van der Waals surface area contributed by atoms with Crippen LogP contribution in [0.2, 0.25) is 0 Å². The van der Waals surface area contributed by atoms with Crippen LogP contribution < -0.4 is 14.9 Å². The van der Waals surface area contributed by atoms with Gasteiger partial charge in [0.2, 0.25) is 18.3 Å². The van der Waals surface area contributed by atoms with Gasteiger partial charge in [0.1, 0.15) is 59.5 Å². The predicted octanol–water partition coefficient (Wildman–Crippen LogP) is -2.04. The summed E-state index contributed by atoms with van der Waals surface area (Å²) < 4.78 is 27.2. The molecule has 1 aromatic heterocycles. The van der Waals surface area contributed by atoms with Crippen molar-refractivity contribution in [1.29, 1.82) is 0 Å². The minimum Gasteiger partial charge on any atom is -0.504 e. The Morgan fingerprint density at radius 3 is 2.09 bits per heavy atom. The third kappa shape index (κ3) is 5.55. The second-order valence-electron chi connectivity index (χ2n) is 10.2. The van der Waals surface area contributed by atoms with E-state index in [-0.39, 0.29) is 22.7 Å². The molecule has 0 spiro atoms. The summed E-state index contributed by atoms with van der Waals surface area (Å²) in [6.07, 6.45) is -15.5. The van der Waals surface area contributed by atoms with Gasteiger partial charge in [-0.1, -0.05) is 0 Å². The van der Waals surface area contributed by atoms with Crippen LogP contribution in [0.4, 0.5) is 0 Å². The van der Waals surface area contributed by atoms with E-state index < -0.39 is 102 Å². The van der Waals surface area contributed by atoms with Crippen molar-refractivity contribution in [2.24, 2.45) is 0 Å². The largest absolute Gasteiger partial charge is 0.504 e. The van der Waals surface area contributed by atoms with Crippen molar-refractivity contribution in [1.82, 2.24) is 0 Å². The summed E-state index contributed by atoms with van der Waals surface area (Å²) in [5.41, 5.74) is -0.975. The number of ether oxygens (including phenoxy) is 4. The molecule has 2 aliphatic rings. The van der Waals surface area contributed by atoms with Gasteiger partial charge in [-0.25, -0.2) is 0 Å². The lowest BCUT2D eigenvalue weighted by Gasteiger charge is -2.39. The maximum atomic E-state index is 13.1. The van der Waals surface area contributed by atoms with Crippen LogP contribution in [0.15, 0.2) is 39.5 Å². The zero-order valence-electron chi connectivity index (χ0n) is 22.3. The van der Waals surface area contributed by atoms with E-state index >= 15 is 0 Å². The second kappa shape index (κ2) is 11.8. The highest BCUT2D eigenvalue weighted by Gasteiger charge is 2.46. The average Bonchev–Trinajstić information content (AvgIpc) is 2.97. The number of rotatable bonds is 6. The molecule has 0 amide bonds. The van der Waals surface area contributed by atoms with E-state index in [0.29, 0.717) is 0 Å². The van der Waals surface area contributed by atoms with Crippen molar-refractivity contribution in [3.8, 4) is 40.1 Å². The van der Waals surface area contributed by atoms with E-state index in [1.54, 1.807) is 0 Å². The number of aliphatic hydroxyl groups excluding tert-OH is 7. The van der Waals surface area contributed by atoms with Crippen LogP contribution in [0.5, 0.6) is 28.7 Å². The van der Waals surface area contributed by atoms with Gasteiger partial charge < -0.3 is 74.4 Å². The second-order valence-corrected chi connectivity index (χ2v) is 10.2. The zero-order valence-corrected chi connectivity index (χ0v) is 22.3. The number of hydrogen-bond donors (Lipinski definition) is 10. The Morgan fingerprint density at radius 2 is 1.42 bits per heavy atom. The topological polar surface area (TPSA) is 269 Å². The van der Waals surface area contributed by atoms with Gasteiger partial charge in [-0.05, 0) is 25.1 Å². The summed E-state index contributed by atoms with van der Waals surface area (Å²) in [6.45, 7) is 0.691. The van der Waals surface area contributed by atoms with Gasteiger partial charge in [-0.3, -0.25) is 4.79 Å². The molecule has 2 fully saturated rings. The molecule has 10 atom stereocenters. The quantitative estimate of drug-likeness (QED) is 0.144. The molecule has 16 heteroatoms. The van der Waals surface area contributed by atoms with Gasteiger partial charge in [0.15, 0.2) is 28.4 Å². The van der Waals surface area contributed by atoms with Crippen molar-refractivity contribution >= 4 is 11.0 Å². The summed E-state index contributed by atoms with van der Waals surface area (Å²) in [5.74, 6) is -3.15. The zero-order chi connectivity index (χ0) is 31.3. The molecule has 16 nitrogen and oxygen atoms in total. The van der Waals surface area contributed by atoms with Crippen LogP contribution in [0.3, 0.4) is 0 Å². The normalized spacial score (nSPS) is 32.9. The summed E-state index contributed by atoms with van der Waals surface area (Å²) in [5, 5.41) is 101. The molecule has 2 aromatic carbocycles. The summed E-state index contributed by atoms with van der Waals surface area (Å²) in [7, 11) is 0. The Balaban J connectivity index is 1.46. The number of phenols is 3. The lowest BCUT2D eigenvalue weighted by Crippen LogP contribution is -2.60. The first-order valence-corrected chi connectivity index (χ1v) is 13.0. The van der Waals surface area contributed by atoms with Crippen LogP contribution in [-0.2, 0) is 9.47 Å². The summed E-state index contributed by atoms with van der Waals surface area (Å²) >= 11 is 0. The van der Waals surface area contributed by atoms with Crippen LogP contribution in [0.25, 0.3) is 22.3 Å². The van der Waals surface area contributed by atoms with E-state index in [2.05, 4.69) is 0 Å². The van der Waals surface area contributed by atoms with E-state index in [1.807, 2.05) is 0 Å². The molecule has 10 N–H and O–H groups in total. The Labute approximate surface area is 241 Å². The fourth-order valence-corrected chi connectivity index (χ4v) is 4.81. The van der Waals surface area contributed by atoms with E-state index in [1.165, 1.54) is 25.1 Å². The van der Waals surface area contributed by atoms with Crippen LogP contribution in [-0.4, -0.2) is 119 Å². The minimum atomic E-state index is -1.87. The SMILES string of the molecule is CC1OC(Oc2cc(-c3cc(=O)c4c(O)c(OC5OC(CO)C(O)C(O)C5O)c(O)cc4o3)ccc2O)C(O)C(O)C1O. The molecule has 0 aliphatic carbocycles. The maximum absolute atomic E-state index is 13.1. The first-order chi connectivity index (χ1) is 20.3. The number of fused-ring (bicyclic) bond motifs is 1. The molecule has 3 heterocycles. The molecular weight excluding hydrogens is 580 g/mol. The van der Waals surface area contributed by atoms with E-state index in [4.69, 9.17) is 23.4 Å². The Kier molecular flexibility index (Phi) is 8.41. The number of hydrogen-bond acceptors (Lipinski definition) is 16. The Morgan fingerprint density at radius 1 is 0.767 bits per heavy atom. The van der Waals surface area contributed by atoms with Crippen LogP contribution in [0, 0.1) is 0 Å². The number of benzene rings is 2. The molecule has 0 saturated carbocycles. The molecule has 3 aromatic rings. The number of phenolic OH excluding ortho intramolecular Hbond substituents is 3. The van der Waals surface area contributed by atoms with Crippen molar-refractivity contribution < 1.29 is 74.4 Å². The molecule has 0 bridgehead atoms. The lowest BCUT2D eigenvalue weighted by atomic mass is 9.99. The highest BCUT2D eigenvalue weighted by molar-refractivity contribution is 5.89. The number of aromatic hydroxyl groups is 3. The van der Waals surface area contributed by atoms with Crippen LogP contribution in [0.1, 0.15) is 6.92 Å². The maximum Gasteiger partial charge on any atom is 0.229 e. The number of aliphatic hydroxyl groups is 7. The summed E-state index contributed by atoms with van der Waals surface area (Å²) in [6, 6.07) is 5.67. The molecule has 5 rings (SSSR count). The highest BCUT2D eigenvalue weighted by Crippen LogP contribution is 2.43. The lowest BCUT2D eigenvalue weighted by molar-refractivity contribution is -0.277. The fraction of sp³-hybridized carbons (Fsp3) is 0.444. The molecule has 10 unspecified atom stereocenters. The Bertz CT molecular complexity index is 1540. The summed E-state index contributed by atoms with van der Waals surface area (Å²) in [4.78, 5) is 13.1. The molecule has 2 saturated heterocycles. The van der Waals surface area contributed by atoms with E-state index in [0.717, 1.165) is 12.1 Å². The van der Waals surface area contributed by atoms with Crippen LogP contribution >= 0.6 is 0 Å². The fourth-order valence-electron chi connectivity index (χ4n) is 4.81. The first kappa shape index (κ1) is 30.7. The van der Waals surface area contributed by atoms with Crippen molar-refractivity contribution in [2.45, 2.75) is 68.3 Å².